The number of halogens is 1. The Balaban J connectivity index is 1.67. The van der Waals surface area contributed by atoms with Gasteiger partial charge in [-0.05, 0) is 18.2 Å². The Morgan fingerprint density at radius 2 is 2.04 bits per heavy atom. The Kier molecular flexibility index (Phi) is 4.66. The zero-order valence-electron chi connectivity index (χ0n) is 12.5. The second-order valence-corrected chi connectivity index (χ2v) is 5.24. The molecule has 2 aromatic heterocycles. The summed E-state index contributed by atoms with van der Waals surface area (Å²) in [6.07, 6.45) is 2.86. The van der Waals surface area contributed by atoms with Crippen LogP contribution in [0.3, 0.4) is 0 Å². The fourth-order valence-electron chi connectivity index (χ4n) is 2.06. The van der Waals surface area contributed by atoms with E-state index in [1.54, 1.807) is 30.3 Å². The minimum absolute atomic E-state index is 0.220. The van der Waals surface area contributed by atoms with E-state index in [2.05, 4.69) is 20.5 Å². The molecule has 0 saturated carbocycles. The molecule has 0 saturated heterocycles. The fourth-order valence-corrected chi connectivity index (χ4v) is 2.28. The smallest absolute Gasteiger partial charge is 0.266 e. The highest BCUT2D eigenvalue weighted by molar-refractivity contribution is 6.33. The van der Waals surface area contributed by atoms with E-state index in [4.69, 9.17) is 11.6 Å². The Hall–Kier alpha value is -3.00. The third-order valence-electron chi connectivity index (χ3n) is 3.23. The molecule has 9 heteroatoms. The molecule has 0 aliphatic carbocycles. The highest BCUT2D eigenvalue weighted by Crippen LogP contribution is 2.14. The van der Waals surface area contributed by atoms with E-state index in [0.29, 0.717) is 16.4 Å². The van der Waals surface area contributed by atoms with Gasteiger partial charge in [0.25, 0.3) is 11.5 Å². The van der Waals surface area contributed by atoms with E-state index in [1.165, 1.54) is 28.1 Å². The number of benzene rings is 1. The zero-order chi connectivity index (χ0) is 16.9. The standard InChI is InChI=1S/C15H13ClN6O2/c16-12-4-2-1-3-11(12)15(24)18-7-8-21-14(23)6-5-13(20-21)22-10-17-9-19-22/h1-6,9-10H,7-8H2,(H,18,24). The van der Waals surface area contributed by atoms with Crippen LogP contribution in [0.15, 0.2) is 53.8 Å². The molecule has 0 aliphatic heterocycles. The maximum atomic E-state index is 12.1. The molecule has 0 atom stereocenters. The van der Waals surface area contributed by atoms with Crippen LogP contribution >= 0.6 is 11.6 Å². The summed E-state index contributed by atoms with van der Waals surface area (Å²) in [5.41, 5.74) is 0.113. The quantitative estimate of drug-likeness (QED) is 0.742. The molecule has 1 N–H and O–H groups in total. The topological polar surface area (TPSA) is 94.7 Å². The van der Waals surface area contributed by atoms with Gasteiger partial charge in [-0.1, -0.05) is 23.7 Å². The van der Waals surface area contributed by atoms with Crippen molar-refractivity contribution in [1.82, 2.24) is 29.9 Å². The normalized spacial score (nSPS) is 10.5. The Labute approximate surface area is 141 Å². The minimum Gasteiger partial charge on any atom is -0.350 e. The van der Waals surface area contributed by atoms with Crippen molar-refractivity contribution < 1.29 is 4.79 Å². The first kappa shape index (κ1) is 15.9. The number of nitrogens with one attached hydrogen (secondary N) is 1. The van der Waals surface area contributed by atoms with Gasteiger partial charge in [0, 0.05) is 12.6 Å². The lowest BCUT2D eigenvalue weighted by atomic mass is 10.2. The van der Waals surface area contributed by atoms with Gasteiger partial charge in [-0.3, -0.25) is 9.59 Å². The lowest BCUT2D eigenvalue weighted by Gasteiger charge is -2.09. The lowest BCUT2D eigenvalue weighted by Crippen LogP contribution is -2.32. The highest BCUT2D eigenvalue weighted by Gasteiger charge is 2.09. The third-order valence-corrected chi connectivity index (χ3v) is 3.56. The molecule has 0 bridgehead atoms. The molecular weight excluding hydrogens is 332 g/mol. The summed E-state index contributed by atoms with van der Waals surface area (Å²) in [6.45, 7) is 0.454. The van der Waals surface area contributed by atoms with Gasteiger partial charge < -0.3 is 5.32 Å². The van der Waals surface area contributed by atoms with Crippen LogP contribution in [0.2, 0.25) is 5.02 Å². The summed E-state index contributed by atoms with van der Waals surface area (Å²) < 4.78 is 2.70. The van der Waals surface area contributed by atoms with E-state index in [1.807, 2.05) is 0 Å². The number of hydrogen-bond donors (Lipinski definition) is 1. The van der Waals surface area contributed by atoms with Crippen molar-refractivity contribution >= 4 is 17.5 Å². The van der Waals surface area contributed by atoms with E-state index in [9.17, 15) is 9.59 Å². The van der Waals surface area contributed by atoms with Crippen molar-refractivity contribution in [2.45, 2.75) is 6.54 Å². The molecule has 122 valence electrons. The Morgan fingerprint density at radius 3 is 2.79 bits per heavy atom. The summed E-state index contributed by atoms with van der Waals surface area (Å²) in [4.78, 5) is 27.8. The molecule has 8 nitrogen and oxygen atoms in total. The molecule has 2 heterocycles. The van der Waals surface area contributed by atoms with Crippen molar-refractivity contribution in [3.05, 3.63) is 70.0 Å². The monoisotopic (exact) mass is 344 g/mol. The molecule has 0 radical (unpaired) electrons. The molecule has 24 heavy (non-hydrogen) atoms. The van der Waals surface area contributed by atoms with Crippen molar-refractivity contribution in [3.63, 3.8) is 0 Å². The summed E-state index contributed by atoms with van der Waals surface area (Å²) in [6, 6.07) is 9.69. The van der Waals surface area contributed by atoms with Gasteiger partial charge in [0.15, 0.2) is 5.82 Å². The molecule has 0 fully saturated rings. The van der Waals surface area contributed by atoms with Crippen LogP contribution in [0.4, 0.5) is 0 Å². The predicted molar refractivity (Wildman–Crippen MR) is 87.2 cm³/mol. The molecule has 3 rings (SSSR count). The number of carbonyl (C=O) groups excluding carboxylic acids is 1. The molecule has 0 unspecified atom stereocenters. The van der Waals surface area contributed by atoms with Gasteiger partial charge in [0.05, 0.1) is 17.1 Å². The van der Waals surface area contributed by atoms with Crippen LogP contribution in [-0.2, 0) is 6.54 Å². The predicted octanol–water partition coefficient (Wildman–Crippen LogP) is 0.907. The van der Waals surface area contributed by atoms with E-state index in [-0.39, 0.29) is 24.6 Å². The molecule has 0 aliphatic rings. The van der Waals surface area contributed by atoms with Crippen molar-refractivity contribution in [3.8, 4) is 5.82 Å². The average Bonchev–Trinajstić information content (AvgIpc) is 3.11. The first-order chi connectivity index (χ1) is 11.6. The number of amides is 1. The molecule has 0 spiro atoms. The maximum absolute atomic E-state index is 12.1. The first-order valence-corrected chi connectivity index (χ1v) is 7.49. The van der Waals surface area contributed by atoms with Gasteiger partial charge in [0.2, 0.25) is 0 Å². The van der Waals surface area contributed by atoms with Crippen LogP contribution in [0.25, 0.3) is 5.82 Å². The third kappa shape index (κ3) is 3.49. The minimum atomic E-state index is -0.305. The Morgan fingerprint density at radius 1 is 1.21 bits per heavy atom. The highest BCUT2D eigenvalue weighted by atomic mass is 35.5. The van der Waals surface area contributed by atoms with Gasteiger partial charge in [-0.15, -0.1) is 5.10 Å². The number of nitrogens with zero attached hydrogens (tertiary/aromatic N) is 5. The summed E-state index contributed by atoms with van der Waals surface area (Å²) in [7, 11) is 0. The molecule has 1 amide bonds. The number of rotatable bonds is 5. The van der Waals surface area contributed by atoms with Gasteiger partial charge >= 0.3 is 0 Å². The summed E-state index contributed by atoms with van der Waals surface area (Å²) >= 11 is 5.97. The van der Waals surface area contributed by atoms with E-state index in [0.717, 1.165) is 0 Å². The van der Waals surface area contributed by atoms with Crippen LogP contribution in [0.5, 0.6) is 0 Å². The van der Waals surface area contributed by atoms with Crippen molar-refractivity contribution in [2.24, 2.45) is 0 Å². The number of hydrogen-bond acceptors (Lipinski definition) is 5. The summed E-state index contributed by atoms with van der Waals surface area (Å²) in [5, 5.41) is 11.2. The van der Waals surface area contributed by atoms with Crippen molar-refractivity contribution in [1.29, 1.82) is 0 Å². The van der Waals surface area contributed by atoms with Gasteiger partial charge in [-0.25, -0.2) is 14.3 Å². The van der Waals surface area contributed by atoms with Crippen LogP contribution in [0.1, 0.15) is 10.4 Å². The van der Waals surface area contributed by atoms with E-state index >= 15 is 0 Å². The second-order valence-electron chi connectivity index (χ2n) is 4.83. The largest absolute Gasteiger partial charge is 0.350 e. The zero-order valence-corrected chi connectivity index (χ0v) is 13.2. The van der Waals surface area contributed by atoms with E-state index < -0.39 is 0 Å². The van der Waals surface area contributed by atoms with Crippen LogP contribution < -0.4 is 10.9 Å². The van der Waals surface area contributed by atoms with Crippen LogP contribution in [-0.4, -0.2) is 37.0 Å². The van der Waals surface area contributed by atoms with Gasteiger partial charge in [0.1, 0.15) is 12.7 Å². The fraction of sp³-hybridized carbons (Fsp3) is 0.133. The molecule has 3 aromatic rings. The Bertz CT molecular complexity index is 906. The molecular formula is C15H13ClN6O2. The molecule has 1 aromatic carbocycles. The lowest BCUT2D eigenvalue weighted by molar-refractivity contribution is 0.0952. The average molecular weight is 345 g/mol. The number of aromatic nitrogens is 5. The second kappa shape index (κ2) is 7.05. The van der Waals surface area contributed by atoms with Crippen LogP contribution in [0, 0.1) is 0 Å². The maximum Gasteiger partial charge on any atom is 0.266 e. The SMILES string of the molecule is O=C(NCCn1nc(-n2cncn2)ccc1=O)c1ccccc1Cl. The van der Waals surface area contributed by atoms with Gasteiger partial charge in [-0.2, -0.15) is 5.10 Å². The number of carbonyl (C=O) groups is 1. The van der Waals surface area contributed by atoms with Crippen molar-refractivity contribution in [2.75, 3.05) is 6.54 Å². The first-order valence-electron chi connectivity index (χ1n) is 7.11. The summed E-state index contributed by atoms with van der Waals surface area (Å²) in [5.74, 6) is 0.158.